The lowest BCUT2D eigenvalue weighted by atomic mass is 10.2. The van der Waals surface area contributed by atoms with Gasteiger partial charge in [-0.1, -0.05) is 12.1 Å². The van der Waals surface area contributed by atoms with E-state index in [0.717, 1.165) is 15.4 Å². The average molecular weight is 377 g/mol. The standard InChI is InChI=1S/C16H15N3O4S2/c1-10-13(9-14(24-10)12-7-8-17-18-12)19-25(21,22)15-6-4-3-5-11(15)16(20)23-2/h3-9,19H,1-2H3,(H,17,18). The molecule has 2 N–H and O–H groups in total. The van der Waals surface area contributed by atoms with Gasteiger partial charge in [-0.15, -0.1) is 11.3 Å². The number of nitrogens with zero attached hydrogens (tertiary/aromatic N) is 1. The van der Waals surface area contributed by atoms with Crippen LogP contribution in [0.1, 0.15) is 15.2 Å². The maximum atomic E-state index is 12.8. The Morgan fingerprint density at radius 3 is 2.72 bits per heavy atom. The molecule has 3 rings (SSSR count). The molecule has 2 aromatic heterocycles. The van der Waals surface area contributed by atoms with E-state index in [2.05, 4.69) is 19.7 Å². The molecule has 0 saturated heterocycles. The first-order valence-electron chi connectivity index (χ1n) is 7.22. The highest BCUT2D eigenvalue weighted by atomic mass is 32.2. The molecule has 0 aliphatic rings. The first-order valence-corrected chi connectivity index (χ1v) is 9.52. The van der Waals surface area contributed by atoms with Crippen molar-refractivity contribution in [2.45, 2.75) is 11.8 Å². The lowest BCUT2D eigenvalue weighted by molar-refractivity contribution is 0.0596. The van der Waals surface area contributed by atoms with Crippen LogP contribution in [-0.4, -0.2) is 31.7 Å². The first kappa shape index (κ1) is 17.2. The van der Waals surface area contributed by atoms with Gasteiger partial charge in [0.1, 0.15) is 4.90 Å². The minimum Gasteiger partial charge on any atom is -0.465 e. The van der Waals surface area contributed by atoms with Crippen LogP contribution >= 0.6 is 11.3 Å². The number of hydrogen-bond acceptors (Lipinski definition) is 6. The number of anilines is 1. The predicted molar refractivity (Wildman–Crippen MR) is 95.2 cm³/mol. The largest absolute Gasteiger partial charge is 0.465 e. The minimum atomic E-state index is -3.95. The zero-order valence-electron chi connectivity index (χ0n) is 13.4. The Balaban J connectivity index is 1.97. The highest BCUT2D eigenvalue weighted by Gasteiger charge is 2.24. The first-order chi connectivity index (χ1) is 11.9. The van der Waals surface area contributed by atoms with Gasteiger partial charge in [-0.05, 0) is 31.2 Å². The topological polar surface area (TPSA) is 101 Å². The number of H-pyrrole nitrogens is 1. The van der Waals surface area contributed by atoms with Gasteiger partial charge in [0, 0.05) is 11.1 Å². The average Bonchev–Trinajstić information content (AvgIpc) is 3.24. The summed E-state index contributed by atoms with van der Waals surface area (Å²) in [5.74, 6) is -0.707. The van der Waals surface area contributed by atoms with Crippen molar-refractivity contribution in [2.24, 2.45) is 0 Å². The van der Waals surface area contributed by atoms with E-state index >= 15 is 0 Å². The molecule has 0 aliphatic heterocycles. The second-order valence-electron chi connectivity index (χ2n) is 5.14. The maximum Gasteiger partial charge on any atom is 0.339 e. The fourth-order valence-corrected chi connectivity index (χ4v) is 4.61. The molecular weight excluding hydrogens is 362 g/mol. The number of carbonyl (C=O) groups is 1. The van der Waals surface area contributed by atoms with Crippen LogP contribution in [0.15, 0.2) is 47.5 Å². The molecule has 0 spiro atoms. The summed E-state index contributed by atoms with van der Waals surface area (Å²) in [6.45, 7) is 1.81. The molecule has 7 nitrogen and oxygen atoms in total. The molecule has 0 bridgehead atoms. The summed E-state index contributed by atoms with van der Waals surface area (Å²) >= 11 is 1.43. The van der Waals surface area contributed by atoms with Crippen LogP contribution in [0, 0.1) is 6.92 Å². The zero-order chi connectivity index (χ0) is 18.0. The Hall–Kier alpha value is -2.65. The number of esters is 1. The predicted octanol–water partition coefficient (Wildman–Crippen LogP) is 3.03. The van der Waals surface area contributed by atoms with E-state index in [0.29, 0.717) is 5.69 Å². The van der Waals surface area contributed by atoms with E-state index in [4.69, 9.17) is 0 Å². The normalized spacial score (nSPS) is 11.3. The lowest BCUT2D eigenvalue weighted by Gasteiger charge is -2.10. The Morgan fingerprint density at radius 2 is 2.04 bits per heavy atom. The number of sulfonamides is 1. The van der Waals surface area contributed by atoms with Crippen LogP contribution in [0.5, 0.6) is 0 Å². The van der Waals surface area contributed by atoms with Crippen LogP contribution in [-0.2, 0) is 14.8 Å². The molecule has 0 radical (unpaired) electrons. The monoisotopic (exact) mass is 377 g/mol. The molecule has 9 heteroatoms. The van der Waals surface area contributed by atoms with Crippen molar-refractivity contribution < 1.29 is 17.9 Å². The van der Waals surface area contributed by atoms with Crippen LogP contribution in [0.25, 0.3) is 10.6 Å². The van der Waals surface area contributed by atoms with E-state index in [1.165, 1.54) is 30.6 Å². The number of thiophene rings is 1. The number of aryl methyl sites for hydroxylation is 1. The Bertz CT molecular complexity index is 1010. The van der Waals surface area contributed by atoms with Crippen molar-refractivity contribution in [1.29, 1.82) is 0 Å². The van der Waals surface area contributed by atoms with Crippen LogP contribution in [0.2, 0.25) is 0 Å². The smallest absolute Gasteiger partial charge is 0.339 e. The number of rotatable bonds is 5. The number of ether oxygens (including phenoxy) is 1. The van der Waals surface area contributed by atoms with E-state index < -0.39 is 16.0 Å². The Kier molecular flexibility index (Phi) is 4.60. The van der Waals surface area contributed by atoms with Crippen molar-refractivity contribution in [2.75, 3.05) is 11.8 Å². The lowest BCUT2D eigenvalue weighted by Crippen LogP contribution is -2.17. The third-order valence-electron chi connectivity index (χ3n) is 3.51. The number of methoxy groups -OCH3 is 1. The summed E-state index contributed by atoms with van der Waals surface area (Å²) in [6.07, 6.45) is 1.63. The second-order valence-corrected chi connectivity index (χ2v) is 8.05. The highest BCUT2D eigenvalue weighted by molar-refractivity contribution is 7.92. The summed E-state index contributed by atoms with van der Waals surface area (Å²) in [5, 5.41) is 6.73. The molecule has 0 unspecified atom stereocenters. The van der Waals surface area contributed by atoms with Gasteiger partial charge >= 0.3 is 5.97 Å². The zero-order valence-corrected chi connectivity index (χ0v) is 15.1. The van der Waals surface area contributed by atoms with E-state index in [-0.39, 0.29) is 10.5 Å². The van der Waals surface area contributed by atoms with Gasteiger partial charge in [0.2, 0.25) is 0 Å². The number of carbonyl (C=O) groups excluding carboxylic acids is 1. The number of nitrogens with one attached hydrogen (secondary N) is 2. The summed E-state index contributed by atoms with van der Waals surface area (Å²) in [4.78, 5) is 13.4. The van der Waals surface area contributed by atoms with Gasteiger partial charge in [-0.2, -0.15) is 5.10 Å². The second kappa shape index (κ2) is 6.69. The molecule has 0 atom stereocenters. The van der Waals surface area contributed by atoms with Crippen LogP contribution in [0.3, 0.4) is 0 Å². The number of benzene rings is 1. The Morgan fingerprint density at radius 1 is 1.28 bits per heavy atom. The van der Waals surface area contributed by atoms with Crippen LogP contribution < -0.4 is 4.72 Å². The number of hydrogen-bond donors (Lipinski definition) is 2. The van der Waals surface area contributed by atoms with Crippen LogP contribution in [0.4, 0.5) is 5.69 Å². The third kappa shape index (κ3) is 3.42. The molecule has 0 aliphatic carbocycles. The van der Waals surface area contributed by atoms with E-state index in [1.54, 1.807) is 30.5 Å². The summed E-state index contributed by atoms with van der Waals surface area (Å²) in [7, 11) is -2.74. The third-order valence-corrected chi connectivity index (χ3v) is 6.02. The molecule has 0 fully saturated rings. The number of aromatic amines is 1. The van der Waals surface area contributed by atoms with Gasteiger partial charge < -0.3 is 4.74 Å². The van der Waals surface area contributed by atoms with E-state index in [1.807, 2.05) is 6.92 Å². The Labute approximate surface area is 148 Å². The van der Waals surface area contributed by atoms with Gasteiger partial charge in [-0.3, -0.25) is 9.82 Å². The fourth-order valence-electron chi connectivity index (χ4n) is 2.29. The number of aromatic nitrogens is 2. The summed E-state index contributed by atoms with van der Waals surface area (Å²) < 4.78 is 32.7. The van der Waals surface area contributed by atoms with Gasteiger partial charge in [0.05, 0.1) is 28.9 Å². The maximum absolute atomic E-state index is 12.8. The molecule has 2 heterocycles. The molecule has 3 aromatic rings. The van der Waals surface area contributed by atoms with Crippen molar-refractivity contribution in [3.05, 3.63) is 53.0 Å². The molecule has 0 saturated carbocycles. The minimum absolute atomic E-state index is 0.0147. The molecule has 0 amide bonds. The molecule has 1 aromatic carbocycles. The quantitative estimate of drug-likeness (QED) is 0.666. The van der Waals surface area contributed by atoms with Crippen molar-refractivity contribution in [3.8, 4) is 10.6 Å². The summed E-state index contributed by atoms with van der Waals surface area (Å²) in [5.41, 5.74) is 1.24. The molecular formula is C16H15N3O4S2. The molecule has 25 heavy (non-hydrogen) atoms. The summed E-state index contributed by atoms with van der Waals surface area (Å²) in [6, 6.07) is 9.44. The van der Waals surface area contributed by atoms with Crippen molar-refractivity contribution in [3.63, 3.8) is 0 Å². The van der Waals surface area contributed by atoms with Gasteiger partial charge in [0.25, 0.3) is 10.0 Å². The SMILES string of the molecule is COC(=O)c1ccccc1S(=O)(=O)Nc1cc(-c2ccn[nH]2)sc1C. The van der Waals surface area contributed by atoms with E-state index in [9.17, 15) is 13.2 Å². The fraction of sp³-hybridized carbons (Fsp3) is 0.125. The van der Waals surface area contributed by atoms with Gasteiger partial charge in [0.15, 0.2) is 0 Å². The van der Waals surface area contributed by atoms with Gasteiger partial charge in [-0.25, -0.2) is 13.2 Å². The highest BCUT2D eigenvalue weighted by Crippen LogP contribution is 2.34. The molecule has 130 valence electrons. The van der Waals surface area contributed by atoms with Crippen molar-refractivity contribution >= 4 is 33.0 Å². The van der Waals surface area contributed by atoms with Crippen molar-refractivity contribution in [1.82, 2.24) is 10.2 Å².